The third-order valence-electron chi connectivity index (χ3n) is 4.38. The Labute approximate surface area is 161 Å². The first-order chi connectivity index (χ1) is 12.6. The van der Waals surface area contributed by atoms with Crippen molar-refractivity contribution in [3.8, 4) is 11.4 Å². The molecule has 1 aliphatic carbocycles. The van der Waals surface area contributed by atoms with Crippen LogP contribution in [0.4, 0.5) is 0 Å². The zero-order valence-corrected chi connectivity index (χ0v) is 15.4. The summed E-state index contributed by atoms with van der Waals surface area (Å²) in [6.07, 6.45) is 5.21. The van der Waals surface area contributed by atoms with Crippen LogP contribution in [0.1, 0.15) is 34.8 Å². The quantitative estimate of drug-likeness (QED) is 0.523. The fourth-order valence-corrected chi connectivity index (χ4v) is 3.13. The van der Waals surface area contributed by atoms with E-state index in [9.17, 15) is 4.79 Å². The van der Waals surface area contributed by atoms with Crippen molar-refractivity contribution in [1.29, 1.82) is 0 Å². The smallest absolute Gasteiger partial charge is 0.283 e. The average molecular weight is 387 g/mol. The lowest BCUT2D eigenvalue weighted by atomic mass is 10.1. The first kappa shape index (κ1) is 18.7. The second-order valence-corrected chi connectivity index (χ2v) is 6.16. The second-order valence-electron chi connectivity index (χ2n) is 6.16. The Morgan fingerprint density at radius 2 is 2.07 bits per heavy atom. The molecule has 3 aromatic rings. The van der Waals surface area contributed by atoms with E-state index in [1.807, 2.05) is 24.3 Å². The highest BCUT2D eigenvalue weighted by Crippen LogP contribution is 2.44. The number of rotatable bonds is 4. The van der Waals surface area contributed by atoms with Crippen LogP contribution in [0.2, 0.25) is 0 Å². The number of nitrogens with two attached hydrogens (primary N) is 2. The van der Waals surface area contributed by atoms with Gasteiger partial charge in [0.2, 0.25) is 0 Å². The summed E-state index contributed by atoms with van der Waals surface area (Å²) in [7, 11) is 1.60. The Hall–Kier alpha value is -3.13. The van der Waals surface area contributed by atoms with E-state index in [4.69, 9.17) is 16.2 Å². The molecule has 0 bridgehead atoms. The fraction of sp³-hybridized carbons (Fsp3) is 0.222. The normalized spacial score (nSPS) is 13.1. The van der Waals surface area contributed by atoms with Crippen molar-refractivity contribution < 1.29 is 9.53 Å². The number of benzene rings is 1. The van der Waals surface area contributed by atoms with E-state index in [1.165, 1.54) is 6.20 Å². The number of hydrogen-bond donors (Lipinski definition) is 2. The molecule has 1 aromatic carbocycles. The number of carbonyl (C=O) groups is 1. The van der Waals surface area contributed by atoms with Crippen molar-refractivity contribution in [1.82, 2.24) is 14.8 Å². The molecule has 1 amide bonds. The van der Waals surface area contributed by atoms with Crippen LogP contribution in [0.3, 0.4) is 0 Å². The molecule has 0 radical (unpaired) electrons. The maximum Gasteiger partial charge on any atom is 0.283 e. The van der Waals surface area contributed by atoms with E-state index in [-0.39, 0.29) is 24.3 Å². The minimum atomic E-state index is -0.490. The molecule has 0 aliphatic heterocycles. The van der Waals surface area contributed by atoms with Crippen molar-refractivity contribution in [2.75, 3.05) is 7.11 Å². The van der Waals surface area contributed by atoms with Gasteiger partial charge < -0.3 is 16.2 Å². The molecule has 9 heteroatoms. The number of fused-ring (bicyclic) bond motifs is 1. The lowest BCUT2D eigenvalue weighted by Gasteiger charge is -2.14. The summed E-state index contributed by atoms with van der Waals surface area (Å²) in [6, 6.07) is 7.55. The molecule has 0 spiro atoms. The minimum absolute atomic E-state index is 0. The first-order valence-corrected chi connectivity index (χ1v) is 8.24. The Kier molecular flexibility index (Phi) is 5.00. The Bertz CT molecular complexity index is 1040. The molecule has 8 nitrogen and oxygen atoms in total. The molecule has 27 heavy (non-hydrogen) atoms. The summed E-state index contributed by atoms with van der Waals surface area (Å²) in [5, 5.41) is 5.36. The molecule has 0 saturated heterocycles. The van der Waals surface area contributed by atoms with Gasteiger partial charge in [-0.1, -0.05) is 0 Å². The van der Waals surface area contributed by atoms with Crippen molar-refractivity contribution >= 4 is 35.2 Å². The largest absolute Gasteiger partial charge is 0.494 e. The molecule has 1 aliphatic rings. The van der Waals surface area contributed by atoms with Gasteiger partial charge in [-0.25, -0.2) is 4.68 Å². The van der Waals surface area contributed by atoms with Crippen LogP contribution < -0.4 is 16.2 Å². The highest BCUT2D eigenvalue weighted by molar-refractivity contribution is 6.03. The van der Waals surface area contributed by atoms with Crippen molar-refractivity contribution in [2.45, 2.75) is 18.8 Å². The number of halogens is 1. The Morgan fingerprint density at radius 1 is 1.30 bits per heavy atom. The number of aliphatic imine (C=N–C) groups is 1. The SMILES string of the molecule is COc1ccc2ncccc2c1-n1ncc(C(=O)N=C(N)N)c1C1CC1.Cl. The van der Waals surface area contributed by atoms with Gasteiger partial charge in [0, 0.05) is 17.5 Å². The summed E-state index contributed by atoms with van der Waals surface area (Å²) >= 11 is 0. The van der Waals surface area contributed by atoms with Crippen LogP contribution in [0, 0.1) is 0 Å². The van der Waals surface area contributed by atoms with Gasteiger partial charge in [0.05, 0.1) is 30.1 Å². The summed E-state index contributed by atoms with van der Waals surface area (Å²) in [4.78, 5) is 20.5. The highest BCUT2D eigenvalue weighted by atomic mass is 35.5. The van der Waals surface area contributed by atoms with E-state index in [1.54, 1.807) is 18.0 Å². The zero-order valence-electron chi connectivity index (χ0n) is 14.6. The monoisotopic (exact) mass is 386 g/mol. The molecule has 4 N–H and O–H groups in total. The molecule has 1 saturated carbocycles. The van der Waals surface area contributed by atoms with Gasteiger partial charge in [-0.2, -0.15) is 10.1 Å². The van der Waals surface area contributed by atoms with Crippen LogP contribution in [-0.2, 0) is 0 Å². The van der Waals surface area contributed by atoms with Crippen LogP contribution in [0.15, 0.2) is 41.7 Å². The lowest BCUT2D eigenvalue weighted by molar-refractivity contribution is 0.100. The third-order valence-corrected chi connectivity index (χ3v) is 4.38. The Morgan fingerprint density at radius 3 is 2.74 bits per heavy atom. The molecule has 2 heterocycles. The van der Waals surface area contributed by atoms with Gasteiger partial charge >= 0.3 is 0 Å². The number of ether oxygens (including phenoxy) is 1. The highest BCUT2D eigenvalue weighted by Gasteiger charge is 2.34. The Balaban J connectivity index is 0.00000210. The van der Waals surface area contributed by atoms with E-state index >= 15 is 0 Å². The number of nitrogens with zero attached hydrogens (tertiary/aromatic N) is 4. The van der Waals surface area contributed by atoms with E-state index in [2.05, 4.69) is 15.1 Å². The van der Waals surface area contributed by atoms with E-state index in [0.717, 1.165) is 35.1 Å². The predicted octanol–water partition coefficient (Wildman–Crippen LogP) is 2.14. The number of methoxy groups -OCH3 is 1. The number of amides is 1. The number of carbonyl (C=O) groups excluding carboxylic acids is 1. The van der Waals surface area contributed by atoms with Crippen LogP contribution in [0.5, 0.6) is 5.75 Å². The number of aromatic nitrogens is 3. The topological polar surface area (TPSA) is 121 Å². The van der Waals surface area contributed by atoms with Gasteiger partial charge in [-0.05, 0) is 37.1 Å². The standard InChI is InChI=1S/C18H18N6O2.ClH/c1-26-14-7-6-13-11(3-2-8-21-13)16(14)24-15(10-4-5-10)12(9-22-24)17(25)23-18(19)20;/h2-3,6-10H,4-5H2,1H3,(H4,19,20,23,25);1H. The van der Waals surface area contributed by atoms with Crippen molar-refractivity contribution in [2.24, 2.45) is 16.5 Å². The molecule has 0 atom stereocenters. The maximum absolute atomic E-state index is 12.4. The first-order valence-electron chi connectivity index (χ1n) is 8.24. The lowest BCUT2D eigenvalue weighted by Crippen LogP contribution is -2.24. The molecule has 0 unspecified atom stereocenters. The number of guanidine groups is 1. The van der Waals surface area contributed by atoms with Gasteiger partial charge in [0.15, 0.2) is 5.96 Å². The number of pyridine rings is 1. The molecular weight excluding hydrogens is 368 g/mol. The zero-order chi connectivity index (χ0) is 18.3. The molecule has 140 valence electrons. The van der Waals surface area contributed by atoms with Crippen LogP contribution >= 0.6 is 12.4 Å². The van der Waals surface area contributed by atoms with Crippen molar-refractivity contribution in [3.05, 3.63) is 47.9 Å². The molecule has 1 fully saturated rings. The minimum Gasteiger partial charge on any atom is -0.494 e. The van der Waals surface area contributed by atoms with Crippen LogP contribution in [-0.4, -0.2) is 33.7 Å². The third kappa shape index (κ3) is 3.31. The summed E-state index contributed by atoms with van der Waals surface area (Å²) in [6.45, 7) is 0. The summed E-state index contributed by atoms with van der Waals surface area (Å²) in [5.41, 5.74) is 13.5. The summed E-state index contributed by atoms with van der Waals surface area (Å²) in [5.74, 6) is 0.130. The van der Waals surface area contributed by atoms with Crippen LogP contribution in [0.25, 0.3) is 16.6 Å². The van der Waals surface area contributed by atoms with Gasteiger partial charge in [0.25, 0.3) is 5.91 Å². The average Bonchev–Trinajstić information content (AvgIpc) is 3.38. The summed E-state index contributed by atoms with van der Waals surface area (Å²) < 4.78 is 7.32. The van der Waals surface area contributed by atoms with Gasteiger partial charge in [-0.15, -0.1) is 12.4 Å². The van der Waals surface area contributed by atoms with E-state index in [0.29, 0.717) is 11.3 Å². The molecular formula is C18H19ClN6O2. The fourth-order valence-electron chi connectivity index (χ4n) is 3.13. The van der Waals surface area contributed by atoms with Gasteiger partial charge in [-0.3, -0.25) is 9.78 Å². The molecule has 4 rings (SSSR count). The number of hydrogen-bond acceptors (Lipinski definition) is 4. The van der Waals surface area contributed by atoms with Crippen molar-refractivity contribution in [3.63, 3.8) is 0 Å². The maximum atomic E-state index is 12.4. The second kappa shape index (κ2) is 7.24. The van der Waals surface area contributed by atoms with E-state index < -0.39 is 5.91 Å². The van der Waals surface area contributed by atoms with Gasteiger partial charge in [0.1, 0.15) is 11.4 Å². The molecule has 2 aromatic heterocycles. The predicted molar refractivity (Wildman–Crippen MR) is 105 cm³/mol.